The van der Waals surface area contributed by atoms with Gasteiger partial charge < -0.3 is 9.47 Å². The lowest BCUT2D eigenvalue weighted by atomic mass is 10.1. The molecule has 1 fully saturated rings. The number of carbonyl (C=O) groups is 1. The molecule has 1 aliphatic heterocycles. The first-order valence-corrected chi connectivity index (χ1v) is 6.84. The second-order valence-electron chi connectivity index (χ2n) is 4.25. The maximum Gasteiger partial charge on any atom is 0.419 e. The minimum atomic E-state index is -5.00. The van der Waals surface area contributed by atoms with Gasteiger partial charge in [0.05, 0.1) is 16.9 Å². The first kappa shape index (κ1) is 16.8. The van der Waals surface area contributed by atoms with E-state index in [4.69, 9.17) is 9.47 Å². The molecule has 2 rings (SSSR count). The molecule has 1 heterocycles. The van der Waals surface area contributed by atoms with Crippen LogP contribution in [0, 0.1) is 0 Å². The highest BCUT2D eigenvalue weighted by Gasteiger charge is 2.39. The standard InChI is InChI=1S/C12H8F6O3S/c13-11(14,15)6-1-2-8(7(3-6)12(16,17)18)20-4-10-21-9(19)5-22-10/h1-3,10H,4-5H2. The van der Waals surface area contributed by atoms with Gasteiger partial charge in [0.1, 0.15) is 12.4 Å². The summed E-state index contributed by atoms with van der Waals surface area (Å²) in [7, 11) is 0. The maximum atomic E-state index is 12.8. The first-order chi connectivity index (χ1) is 10.1. The molecule has 1 aliphatic rings. The molecule has 0 saturated carbocycles. The maximum absolute atomic E-state index is 12.8. The molecule has 1 aromatic rings. The molecule has 122 valence electrons. The van der Waals surface area contributed by atoms with Gasteiger partial charge in [-0.3, -0.25) is 4.79 Å². The third-order valence-electron chi connectivity index (χ3n) is 2.64. The largest absolute Gasteiger partial charge is 0.488 e. The van der Waals surface area contributed by atoms with E-state index in [2.05, 4.69) is 0 Å². The lowest BCUT2D eigenvalue weighted by Crippen LogP contribution is -2.18. The number of ether oxygens (including phenoxy) is 2. The van der Waals surface area contributed by atoms with Crippen LogP contribution in [0.15, 0.2) is 18.2 Å². The normalized spacial score (nSPS) is 19.2. The highest BCUT2D eigenvalue weighted by atomic mass is 32.2. The summed E-state index contributed by atoms with van der Waals surface area (Å²) in [5, 5.41) is 0. The van der Waals surface area contributed by atoms with E-state index in [1.165, 1.54) is 0 Å². The van der Waals surface area contributed by atoms with Crippen LogP contribution in [0.4, 0.5) is 26.3 Å². The summed E-state index contributed by atoms with van der Waals surface area (Å²) in [6, 6.07) is 1.09. The molecule has 0 amide bonds. The van der Waals surface area contributed by atoms with E-state index in [0.29, 0.717) is 12.1 Å². The van der Waals surface area contributed by atoms with E-state index in [-0.39, 0.29) is 18.4 Å². The van der Waals surface area contributed by atoms with Gasteiger partial charge in [-0.2, -0.15) is 26.3 Å². The molecule has 0 aliphatic carbocycles. The number of alkyl halides is 6. The van der Waals surface area contributed by atoms with Gasteiger partial charge in [0.25, 0.3) is 0 Å². The van der Waals surface area contributed by atoms with Crippen molar-refractivity contribution in [2.45, 2.75) is 17.8 Å². The van der Waals surface area contributed by atoms with Crippen molar-refractivity contribution in [1.82, 2.24) is 0 Å². The fraction of sp³-hybridized carbons (Fsp3) is 0.417. The van der Waals surface area contributed by atoms with Gasteiger partial charge >= 0.3 is 18.3 Å². The van der Waals surface area contributed by atoms with Crippen LogP contribution < -0.4 is 4.74 Å². The van der Waals surface area contributed by atoms with Gasteiger partial charge in [0, 0.05) is 0 Å². The molecular weight excluding hydrogens is 338 g/mol. The van der Waals surface area contributed by atoms with E-state index in [0.717, 1.165) is 11.8 Å². The van der Waals surface area contributed by atoms with Crippen molar-refractivity contribution >= 4 is 17.7 Å². The molecule has 1 atom stereocenters. The monoisotopic (exact) mass is 346 g/mol. The molecule has 10 heteroatoms. The van der Waals surface area contributed by atoms with Gasteiger partial charge in [-0.05, 0) is 18.2 Å². The summed E-state index contributed by atoms with van der Waals surface area (Å²) in [5.41, 5.74) is -3.73. The number of carbonyl (C=O) groups excluding carboxylic acids is 1. The minimum Gasteiger partial charge on any atom is -0.488 e. The molecule has 1 aromatic carbocycles. The Morgan fingerprint density at radius 1 is 1.18 bits per heavy atom. The van der Waals surface area contributed by atoms with Crippen LogP contribution in [0.25, 0.3) is 0 Å². The Bertz CT molecular complexity index is 569. The number of cyclic esters (lactones) is 1. The molecule has 3 nitrogen and oxygen atoms in total. The van der Waals surface area contributed by atoms with E-state index >= 15 is 0 Å². The zero-order chi connectivity index (χ0) is 16.5. The van der Waals surface area contributed by atoms with E-state index in [1.807, 2.05) is 0 Å². The fourth-order valence-electron chi connectivity index (χ4n) is 1.67. The van der Waals surface area contributed by atoms with Crippen molar-refractivity contribution in [1.29, 1.82) is 0 Å². The van der Waals surface area contributed by atoms with Crippen LogP contribution in [0.3, 0.4) is 0 Å². The zero-order valence-electron chi connectivity index (χ0n) is 10.6. The first-order valence-electron chi connectivity index (χ1n) is 5.79. The highest BCUT2D eigenvalue weighted by molar-refractivity contribution is 8.00. The van der Waals surface area contributed by atoms with Gasteiger partial charge in [0.2, 0.25) is 0 Å². The second kappa shape index (κ2) is 5.90. The number of hydrogen-bond acceptors (Lipinski definition) is 4. The smallest absolute Gasteiger partial charge is 0.419 e. The molecule has 0 bridgehead atoms. The molecule has 1 saturated heterocycles. The van der Waals surface area contributed by atoms with Gasteiger partial charge in [0.15, 0.2) is 5.44 Å². The number of benzene rings is 1. The van der Waals surface area contributed by atoms with Crippen molar-refractivity contribution in [2.24, 2.45) is 0 Å². The topological polar surface area (TPSA) is 35.5 Å². The van der Waals surface area contributed by atoms with E-state index in [9.17, 15) is 31.1 Å². The Kier molecular flexibility index (Phi) is 4.50. The Morgan fingerprint density at radius 3 is 2.36 bits per heavy atom. The SMILES string of the molecule is O=C1CSC(COc2ccc(C(F)(F)F)cc2C(F)(F)F)O1. The summed E-state index contributed by atoms with van der Waals surface area (Å²) in [6.07, 6.45) is -9.90. The fourth-order valence-corrected chi connectivity index (χ4v) is 2.40. The highest BCUT2D eigenvalue weighted by Crippen LogP contribution is 2.40. The van der Waals surface area contributed by atoms with Crippen molar-refractivity contribution < 1.29 is 40.6 Å². The molecule has 0 N–H and O–H groups in total. The number of hydrogen-bond donors (Lipinski definition) is 0. The van der Waals surface area contributed by atoms with Crippen molar-refractivity contribution in [3.8, 4) is 5.75 Å². The van der Waals surface area contributed by atoms with Gasteiger partial charge in [-0.25, -0.2) is 0 Å². The quantitative estimate of drug-likeness (QED) is 0.617. The Balaban J connectivity index is 2.21. The predicted octanol–water partition coefficient (Wildman–Crippen LogP) is 3.72. The van der Waals surface area contributed by atoms with Gasteiger partial charge in [-0.1, -0.05) is 0 Å². The van der Waals surface area contributed by atoms with Crippen LogP contribution >= 0.6 is 11.8 Å². The molecule has 0 aromatic heterocycles. The lowest BCUT2D eigenvalue weighted by molar-refractivity contribution is -0.145. The third kappa shape index (κ3) is 3.99. The van der Waals surface area contributed by atoms with Crippen molar-refractivity contribution in [3.63, 3.8) is 0 Å². The molecule has 0 radical (unpaired) electrons. The third-order valence-corrected chi connectivity index (χ3v) is 3.64. The second-order valence-corrected chi connectivity index (χ2v) is 5.40. The summed E-state index contributed by atoms with van der Waals surface area (Å²) >= 11 is 1.03. The number of esters is 1. The average Bonchev–Trinajstić information content (AvgIpc) is 2.80. The van der Waals surface area contributed by atoms with E-state index < -0.39 is 40.6 Å². The Hall–Kier alpha value is -1.58. The summed E-state index contributed by atoms with van der Waals surface area (Å²) in [5.74, 6) is -1.22. The van der Waals surface area contributed by atoms with Gasteiger partial charge in [-0.15, -0.1) is 11.8 Å². The van der Waals surface area contributed by atoms with Crippen LogP contribution in [0.1, 0.15) is 11.1 Å². The molecule has 1 unspecified atom stereocenters. The summed E-state index contributed by atoms with van der Waals surface area (Å²) in [4.78, 5) is 10.8. The van der Waals surface area contributed by atoms with E-state index in [1.54, 1.807) is 0 Å². The van der Waals surface area contributed by atoms with Crippen LogP contribution in [0.5, 0.6) is 5.75 Å². The summed E-state index contributed by atoms with van der Waals surface area (Å²) < 4.78 is 85.6. The Labute approximate surface area is 124 Å². The van der Waals surface area contributed by atoms with Crippen LogP contribution in [-0.4, -0.2) is 23.8 Å². The summed E-state index contributed by atoms with van der Waals surface area (Å²) in [6.45, 7) is -0.384. The van der Waals surface area contributed by atoms with Crippen molar-refractivity contribution in [2.75, 3.05) is 12.4 Å². The predicted molar refractivity (Wildman–Crippen MR) is 64.3 cm³/mol. The van der Waals surface area contributed by atoms with Crippen LogP contribution in [0.2, 0.25) is 0 Å². The average molecular weight is 346 g/mol. The molecule has 22 heavy (non-hydrogen) atoms. The number of thioether (sulfide) groups is 1. The number of halogens is 6. The molecule has 0 spiro atoms. The number of rotatable bonds is 3. The lowest BCUT2D eigenvalue weighted by Gasteiger charge is -2.17. The molecular formula is C12H8F6O3S. The van der Waals surface area contributed by atoms with Crippen LogP contribution in [-0.2, 0) is 21.9 Å². The zero-order valence-corrected chi connectivity index (χ0v) is 11.4. The minimum absolute atomic E-state index is 0.0108. The van der Waals surface area contributed by atoms with Crippen molar-refractivity contribution in [3.05, 3.63) is 29.3 Å². The Morgan fingerprint density at radius 2 is 1.86 bits per heavy atom.